The fourth-order valence-corrected chi connectivity index (χ4v) is 3.22. The first kappa shape index (κ1) is 81.3. The van der Waals surface area contributed by atoms with Crippen molar-refractivity contribution in [3.8, 4) is 12.1 Å². The van der Waals surface area contributed by atoms with Gasteiger partial charge in [0.05, 0.1) is 56.9 Å². The van der Waals surface area contributed by atoms with Crippen LogP contribution in [0.15, 0.2) is 0 Å². The van der Waals surface area contributed by atoms with Gasteiger partial charge in [0.15, 0.2) is 12.2 Å². The van der Waals surface area contributed by atoms with Crippen molar-refractivity contribution >= 4 is 11.9 Å². The molecule has 2 fully saturated rings. The lowest BCUT2D eigenvalue weighted by Gasteiger charge is -2.24. The molecule has 2 aliphatic rings. The molecule has 0 amide bonds. The maximum atomic E-state index is 10.1. The highest BCUT2D eigenvalue weighted by atomic mass is 16.6. The first-order valence-electron chi connectivity index (χ1n) is 23.4. The summed E-state index contributed by atoms with van der Waals surface area (Å²) < 4.78 is 10.2. The fraction of sp³-hybridized carbons (Fsp3) is 0.915. The standard InChI is InChI=1S/C7H18N2O.2C6H12N2O.2C6H13NO.C5H11NO2.C5H13NO.C3H7NO2.C3H9NO/c1-6(9(3)4)7(10)5-8-2;2*1-5(8(2)3)6(9)4-7;2*1-5(7(2)3)6-4-8-6;1-4(5(7)8)6(2)3;1-5(4-7)6(2)3;1-2(4)3(5)6;1-3(4)2-5/h6-8,10H,5H2,1-4H3;2*5-6,9H,1-3H3;2*5-6H,4H2,1-3H3;4H,1-3H3,(H,7,8);5,7H,4H2,1-3H3;2H,4H2,1H3,(H,5,6);3,5H,2,4H2,1H3/t6-,7?;2*5-,6?;5-,6+;5-,6-;4-;5-;2-;3-/m000000000/s1. The third-order valence-electron chi connectivity index (χ3n) is 11.0. The van der Waals surface area contributed by atoms with E-state index in [0.717, 1.165) is 13.2 Å². The monoisotopic (exact) mass is 1020 g/mol. The number of likely N-dealkylation sites (N-methyl/N-ethyl adjacent to an activating group) is 8. The highest BCUT2D eigenvalue weighted by molar-refractivity contribution is 5.72. The first-order chi connectivity index (χ1) is 31.9. The summed E-state index contributed by atoms with van der Waals surface area (Å²) in [4.78, 5) is 33.2. The second kappa shape index (κ2) is 48.5. The molecule has 0 bridgehead atoms. The second-order valence-electron chi connectivity index (χ2n) is 18.8. The van der Waals surface area contributed by atoms with Gasteiger partial charge >= 0.3 is 11.9 Å². The van der Waals surface area contributed by atoms with Crippen LogP contribution in [0.4, 0.5) is 0 Å². The van der Waals surface area contributed by atoms with Gasteiger partial charge in [0.25, 0.3) is 0 Å². The molecule has 0 aromatic rings. The molecule has 2 aliphatic heterocycles. The fourth-order valence-electron chi connectivity index (χ4n) is 3.22. The normalized spacial score (nSPS) is 19.2. The van der Waals surface area contributed by atoms with Crippen LogP contribution in [0.2, 0.25) is 0 Å². The summed E-state index contributed by atoms with van der Waals surface area (Å²) in [6.07, 6.45) is -0.991. The molecule has 0 spiro atoms. The van der Waals surface area contributed by atoms with Crippen LogP contribution >= 0.6 is 0 Å². The van der Waals surface area contributed by atoms with E-state index < -0.39 is 30.2 Å². The van der Waals surface area contributed by atoms with Gasteiger partial charge in [-0.1, -0.05) is 0 Å². The van der Waals surface area contributed by atoms with Gasteiger partial charge in [0.2, 0.25) is 0 Å². The molecule has 23 heteroatoms. The zero-order valence-corrected chi connectivity index (χ0v) is 48.1. The molecular weight excluding hydrogens is 909 g/mol. The number of hydrogen-bond donors (Lipinski definition) is 10. The number of rotatable bonds is 18. The van der Waals surface area contributed by atoms with E-state index in [9.17, 15) is 14.7 Å². The number of aliphatic hydroxyl groups excluding tert-OH is 5. The van der Waals surface area contributed by atoms with Crippen molar-refractivity contribution in [1.29, 1.82) is 10.5 Å². The SMILES string of the molecule is CNCC(O)[C@H](C)N(C)C.C[C@@H](C(=O)O)N(C)C.C[C@@H](C(O)C#N)N(C)C.C[C@@H](C(O)C#N)N(C)C.C[C@@H](CO)N(C)C.C[C@@H]([C@@H]1CO1)N(C)C.C[C@@H]([C@H]1CO1)N(C)C.C[C@H](N)C(=O)O.C[C@H](N)CO. The number of aliphatic hydroxyl groups is 5. The Morgan fingerprint density at radius 3 is 0.929 bits per heavy atom. The number of hydrogen-bond acceptors (Lipinski definition) is 21. The molecule has 0 aromatic heterocycles. The highest BCUT2D eigenvalue weighted by Crippen LogP contribution is 2.17. The lowest BCUT2D eigenvalue weighted by Crippen LogP contribution is -2.41. The number of nitriles is 2. The van der Waals surface area contributed by atoms with Crippen LogP contribution in [0.5, 0.6) is 0 Å². The Morgan fingerprint density at radius 1 is 0.571 bits per heavy atom. The molecule has 12 N–H and O–H groups in total. The third kappa shape index (κ3) is 54.6. The number of nitrogens with zero attached hydrogens (tertiary/aromatic N) is 9. The van der Waals surface area contributed by atoms with E-state index in [4.69, 9.17) is 62.1 Å². The smallest absolute Gasteiger partial charge is 0.320 e. The quantitative estimate of drug-likeness (QED) is 0.0553. The number of carboxylic acid groups (broad SMARTS) is 2. The largest absolute Gasteiger partial charge is 0.480 e. The zero-order valence-electron chi connectivity index (χ0n) is 48.1. The maximum Gasteiger partial charge on any atom is 0.320 e. The molecule has 0 aliphatic carbocycles. The summed E-state index contributed by atoms with van der Waals surface area (Å²) >= 11 is 0. The molecule has 2 heterocycles. The average Bonchev–Trinajstić information content (AvgIpc) is 4.23. The zero-order chi connectivity index (χ0) is 57.4. The van der Waals surface area contributed by atoms with Crippen LogP contribution in [0.1, 0.15) is 62.3 Å². The lowest BCUT2D eigenvalue weighted by molar-refractivity contribution is -0.141. The molecule has 422 valence electrons. The van der Waals surface area contributed by atoms with Crippen LogP contribution < -0.4 is 16.8 Å². The Hall–Kier alpha value is -2.76. The number of ether oxygens (including phenoxy) is 2. The topological polar surface area (TPSA) is 335 Å². The van der Waals surface area contributed by atoms with Crippen molar-refractivity contribution in [3.05, 3.63) is 0 Å². The van der Waals surface area contributed by atoms with Gasteiger partial charge in [-0.2, -0.15) is 10.5 Å². The van der Waals surface area contributed by atoms with Gasteiger partial charge in [-0.15, -0.1) is 0 Å². The highest BCUT2D eigenvalue weighted by Gasteiger charge is 2.31. The van der Waals surface area contributed by atoms with E-state index in [0.29, 0.717) is 36.9 Å². The van der Waals surface area contributed by atoms with E-state index in [1.54, 1.807) is 68.6 Å². The summed E-state index contributed by atoms with van der Waals surface area (Å²) in [5.41, 5.74) is 9.88. The number of epoxide rings is 2. The lowest BCUT2D eigenvalue weighted by atomic mass is 10.2. The number of aliphatic carboxylic acids is 2. The van der Waals surface area contributed by atoms with E-state index in [1.165, 1.54) is 6.92 Å². The van der Waals surface area contributed by atoms with Gasteiger partial charge in [-0.3, -0.25) is 14.5 Å². The molecule has 0 radical (unpaired) electrons. The van der Waals surface area contributed by atoms with Gasteiger partial charge in [-0.05, 0) is 168 Å². The minimum atomic E-state index is -0.963. The van der Waals surface area contributed by atoms with Gasteiger partial charge in [0.1, 0.15) is 12.1 Å². The third-order valence-corrected chi connectivity index (χ3v) is 11.0. The molecule has 0 aromatic carbocycles. The van der Waals surface area contributed by atoms with Gasteiger partial charge < -0.3 is 91.4 Å². The predicted octanol–water partition coefficient (Wildman–Crippen LogP) is -1.48. The molecule has 14 atom stereocenters. The van der Waals surface area contributed by atoms with Crippen LogP contribution in [0, 0.1) is 22.7 Å². The first-order valence-corrected chi connectivity index (χ1v) is 23.4. The van der Waals surface area contributed by atoms with Crippen molar-refractivity contribution in [2.75, 3.05) is 139 Å². The minimum Gasteiger partial charge on any atom is -0.480 e. The average molecular weight is 1020 g/mol. The van der Waals surface area contributed by atoms with Gasteiger partial charge in [0, 0.05) is 48.8 Å². The Kier molecular flexibility index (Phi) is 56.3. The number of nitrogens with two attached hydrogens (primary N) is 2. The van der Waals surface area contributed by atoms with Crippen LogP contribution in [-0.4, -0.2) is 306 Å². The van der Waals surface area contributed by atoms with Crippen molar-refractivity contribution in [2.45, 2.75) is 147 Å². The van der Waals surface area contributed by atoms with Crippen LogP contribution in [0.3, 0.4) is 0 Å². The predicted molar refractivity (Wildman–Crippen MR) is 281 cm³/mol. The number of nitrogens with one attached hydrogen (secondary N) is 1. The Morgan fingerprint density at radius 2 is 0.857 bits per heavy atom. The Labute approximate surface area is 425 Å². The van der Waals surface area contributed by atoms with Crippen molar-refractivity contribution in [2.24, 2.45) is 11.5 Å². The van der Waals surface area contributed by atoms with Crippen molar-refractivity contribution in [3.63, 3.8) is 0 Å². The number of carbonyl (C=O) groups is 2. The van der Waals surface area contributed by atoms with E-state index in [2.05, 4.69) is 57.2 Å². The summed E-state index contributed by atoms with van der Waals surface area (Å²) in [5.74, 6) is -1.75. The van der Waals surface area contributed by atoms with E-state index in [1.807, 2.05) is 87.1 Å². The molecule has 2 rings (SSSR count). The Bertz CT molecular complexity index is 1230. The molecule has 3 unspecified atom stereocenters. The molecule has 2 saturated heterocycles. The number of carboxylic acids is 2. The van der Waals surface area contributed by atoms with E-state index in [-0.39, 0.29) is 49.5 Å². The Balaban J connectivity index is -0.000000128. The van der Waals surface area contributed by atoms with Gasteiger partial charge in [-0.25, -0.2) is 0 Å². The molecule has 70 heavy (non-hydrogen) atoms. The summed E-state index contributed by atoms with van der Waals surface area (Å²) in [6.45, 7) is 19.6. The molecule has 23 nitrogen and oxygen atoms in total. The van der Waals surface area contributed by atoms with Crippen LogP contribution in [-0.2, 0) is 19.1 Å². The van der Waals surface area contributed by atoms with Crippen LogP contribution in [0.25, 0.3) is 0 Å². The minimum absolute atomic E-state index is 0.0602. The molecule has 0 saturated carbocycles. The van der Waals surface area contributed by atoms with Crippen molar-refractivity contribution in [1.82, 2.24) is 39.6 Å². The summed E-state index contributed by atoms with van der Waals surface area (Å²) in [6, 6.07) is 3.86. The second-order valence-corrected chi connectivity index (χ2v) is 18.8. The maximum absolute atomic E-state index is 10.1. The summed E-state index contributed by atoms with van der Waals surface area (Å²) in [7, 11) is 28.7. The van der Waals surface area contributed by atoms with Crippen molar-refractivity contribution < 1.29 is 54.8 Å². The molecular formula is C47H108N12O11. The van der Waals surface area contributed by atoms with E-state index >= 15 is 0 Å². The summed E-state index contributed by atoms with van der Waals surface area (Å²) in [5, 5.41) is 79.2.